The van der Waals surface area contributed by atoms with Crippen molar-refractivity contribution in [2.24, 2.45) is 0 Å². The number of hydrogen-bond donors (Lipinski definition) is 2. The number of aromatic nitrogens is 5. The maximum atomic E-state index is 13.1. The molecule has 8 heteroatoms. The van der Waals surface area contributed by atoms with Gasteiger partial charge in [0.2, 0.25) is 0 Å². The van der Waals surface area contributed by atoms with Gasteiger partial charge in [0.25, 0.3) is 5.91 Å². The molecule has 2 aromatic rings. The molecule has 0 aromatic carbocycles. The maximum Gasteiger partial charge on any atom is 0.257 e. The van der Waals surface area contributed by atoms with E-state index < -0.39 is 0 Å². The monoisotopic (exact) mass is 357 g/mol. The molecular formula is C18H27N7O. The number of aryl methyl sites for hydroxylation is 1. The highest BCUT2D eigenvalue weighted by Crippen LogP contribution is 2.30. The van der Waals surface area contributed by atoms with Crippen LogP contribution in [0.3, 0.4) is 0 Å². The minimum atomic E-state index is 0.103. The predicted molar refractivity (Wildman–Crippen MR) is 97.0 cm³/mol. The molecule has 4 rings (SSSR count). The van der Waals surface area contributed by atoms with Crippen LogP contribution in [0, 0.1) is 6.92 Å². The fraction of sp³-hybridized carbons (Fsp3) is 0.667. The Balaban J connectivity index is 1.46. The van der Waals surface area contributed by atoms with Crippen molar-refractivity contribution in [2.75, 3.05) is 19.6 Å². The second kappa shape index (κ2) is 6.83. The Morgan fingerprint density at radius 2 is 1.96 bits per heavy atom. The van der Waals surface area contributed by atoms with Gasteiger partial charge in [0.1, 0.15) is 11.6 Å². The quantitative estimate of drug-likeness (QED) is 0.870. The summed E-state index contributed by atoms with van der Waals surface area (Å²) >= 11 is 0. The molecule has 2 aliphatic heterocycles. The number of amides is 1. The molecule has 0 bridgehead atoms. The standard InChI is InChI=1S/C18H27N7O/c1-11(2)16-15(12(3)20-22-16)18(26)24-7-4-13(5-8-24)17-23-21-14-10-19-6-9-25(14)17/h11,13,19H,4-10H2,1-3H3,(H,20,22). The van der Waals surface area contributed by atoms with E-state index in [1.807, 2.05) is 11.8 Å². The van der Waals surface area contributed by atoms with E-state index >= 15 is 0 Å². The number of likely N-dealkylation sites (tertiary alicyclic amines) is 1. The minimum absolute atomic E-state index is 0.103. The van der Waals surface area contributed by atoms with E-state index in [4.69, 9.17) is 0 Å². The third-order valence-electron chi connectivity index (χ3n) is 5.53. The van der Waals surface area contributed by atoms with Crippen molar-refractivity contribution in [3.8, 4) is 0 Å². The van der Waals surface area contributed by atoms with Gasteiger partial charge in [0.05, 0.1) is 17.8 Å². The second-order valence-electron chi connectivity index (χ2n) is 7.63. The van der Waals surface area contributed by atoms with E-state index in [1.165, 1.54) is 0 Å². The van der Waals surface area contributed by atoms with Crippen molar-refractivity contribution in [3.05, 3.63) is 28.6 Å². The fourth-order valence-electron chi connectivity index (χ4n) is 4.05. The lowest BCUT2D eigenvalue weighted by atomic mass is 9.94. The smallest absolute Gasteiger partial charge is 0.257 e. The van der Waals surface area contributed by atoms with E-state index in [0.29, 0.717) is 5.92 Å². The summed E-state index contributed by atoms with van der Waals surface area (Å²) < 4.78 is 2.26. The van der Waals surface area contributed by atoms with Crippen LogP contribution in [0.25, 0.3) is 0 Å². The number of carbonyl (C=O) groups excluding carboxylic acids is 1. The van der Waals surface area contributed by atoms with Gasteiger partial charge in [0, 0.05) is 37.8 Å². The zero-order valence-corrected chi connectivity index (χ0v) is 15.7. The number of hydrogen-bond acceptors (Lipinski definition) is 5. The molecule has 2 aliphatic rings. The van der Waals surface area contributed by atoms with Gasteiger partial charge < -0.3 is 14.8 Å². The topological polar surface area (TPSA) is 91.7 Å². The molecule has 0 saturated carbocycles. The molecule has 0 atom stereocenters. The Kier molecular flexibility index (Phi) is 4.52. The molecule has 2 aromatic heterocycles. The summed E-state index contributed by atoms with van der Waals surface area (Å²) in [5.41, 5.74) is 2.48. The van der Waals surface area contributed by atoms with E-state index in [9.17, 15) is 4.79 Å². The number of piperidine rings is 1. The van der Waals surface area contributed by atoms with Gasteiger partial charge in [0.15, 0.2) is 0 Å². The molecular weight excluding hydrogens is 330 g/mol. The zero-order valence-electron chi connectivity index (χ0n) is 15.7. The Labute approximate surface area is 153 Å². The lowest BCUT2D eigenvalue weighted by Crippen LogP contribution is -2.39. The maximum absolute atomic E-state index is 13.1. The van der Waals surface area contributed by atoms with Crippen LogP contribution in [0.4, 0.5) is 0 Å². The van der Waals surface area contributed by atoms with E-state index in [0.717, 1.165) is 74.2 Å². The van der Waals surface area contributed by atoms with Crippen LogP contribution in [0.1, 0.15) is 71.9 Å². The van der Waals surface area contributed by atoms with Gasteiger partial charge in [-0.25, -0.2) is 0 Å². The number of rotatable bonds is 3. The molecule has 1 amide bonds. The molecule has 1 fully saturated rings. The molecule has 26 heavy (non-hydrogen) atoms. The van der Waals surface area contributed by atoms with Crippen LogP contribution in [0.15, 0.2) is 0 Å². The van der Waals surface area contributed by atoms with Crippen LogP contribution in [-0.2, 0) is 13.1 Å². The lowest BCUT2D eigenvalue weighted by Gasteiger charge is -2.32. The summed E-state index contributed by atoms with van der Waals surface area (Å²) in [6, 6.07) is 0. The van der Waals surface area contributed by atoms with Gasteiger partial charge in [-0.05, 0) is 25.7 Å². The third kappa shape index (κ3) is 2.92. The average molecular weight is 357 g/mol. The summed E-state index contributed by atoms with van der Waals surface area (Å²) in [5, 5.41) is 19.4. The summed E-state index contributed by atoms with van der Waals surface area (Å²) in [7, 11) is 0. The van der Waals surface area contributed by atoms with Gasteiger partial charge in [-0.15, -0.1) is 10.2 Å². The normalized spacial score (nSPS) is 18.4. The Morgan fingerprint density at radius 3 is 2.69 bits per heavy atom. The number of H-pyrrole nitrogens is 1. The third-order valence-corrected chi connectivity index (χ3v) is 5.53. The van der Waals surface area contributed by atoms with E-state index in [-0.39, 0.29) is 11.8 Å². The summed E-state index contributed by atoms with van der Waals surface area (Å²) in [4.78, 5) is 15.0. The number of carbonyl (C=O) groups is 1. The average Bonchev–Trinajstić information content (AvgIpc) is 3.25. The molecule has 140 valence electrons. The number of nitrogens with one attached hydrogen (secondary N) is 2. The Bertz CT molecular complexity index is 799. The number of aromatic amines is 1. The van der Waals surface area contributed by atoms with E-state index in [2.05, 4.69) is 44.1 Å². The predicted octanol–water partition coefficient (Wildman–Crippen LogP) is 1.56. The van der Waals surface area contributed by atoms with Gasteiger partial charge in [-0.2, -0.15) is 5.10 Å². The molecule has 0 unspecified atom stereocenters. The summed E-state index contributed by atoms with van der Waals surface area (Å²) in [5.74, 6) is 2.84. The molecule has 0 radical (unpaired) electrons. The van der Waals surface area contributed by atoms with Crippen molar-refractivity contribution in [3.63, 3.8) is 0 Å². The molecule has 8 nitrogen and oxygen atoms in total. The molecule has 0 aliphatic carbocycles. The Hall–Kier alpha value is -2.22. The van der Waals surface area contributed by atoms with Gasteiger partial charge >= 0.3 is 0 Å². The highest BCUT2D eigenvalue weighted by atomic mass is 16.2. The highest BCUT2D eigenvalue weighted by Gasteiger charge is 2.31. The van der Waals surface area contributed by atoms with Gasteiger partial charge in [-0.3, -0.25) is 9.89 Å². The van der Waals surface area contributed by atoms with Crippen LogP contribution in [0.2, 0.25) is 0 Å². The first-order valence-electron chi connectivity index (χ1n) is 9.53. The first-order chi connectivity index (χ1) is 12.6. The molecule has 4 heterocycles. The van der Waals surface area contributed by atoms with Crippen LogP contribution in [-0.4, -0.2) is 55.4 Å². The lowest BCUT2D eigenvalue weighted by molar-refractivity contribution is 0.0708. The van der Waals surface area contributed by atoms with Crippen molar-refractivity contribution >= 4 is 5.91 Å². The highest BCUT2D eigenvalue weighted by molar-refractivity contribution is 5.96. The first-order valence-corrected chi connectivity index (χ1v) is 9.53. The van der Waals surface area contributed by atoms with Crippen LogP contribution in [0.5, 0.6) is 0 Å². The van der Waals surface area contributed by atoms with Crippen molar-refractivity contribution in [1.82, 2.24) is 35.2 Å². The summed E-state index contributed by atoms with van der Waals surface area (Å²) in [6.45, 7) is 10.3. The van der Waals surface area contributed by atoms with Gasteiger partial charge in [-0.1, -0.05) is 13.8 Å². The fourth-order valence-corrected chi connectivity index (χ4v) is 4.05. The molecule has 0 spiro atoms. The van der Waals surface area contributed by atoms with Crippen LogP contribution < -0.4 is 5.32 Å². The number of fused-ring (bicyclic) bond motifs is 1. The second-order valence-corrected chi connectivity index (χ2v) is 7.63. The van der Waals surface area contributed by atoms with Crippen molar-refractivity contribution in [2.45, 2.75) is 58.5 Å². The first kappa shape index (κ1) is 17.2. The van der Waals surface area contributed by atoms with Crippen molar-refractivity contribution < 1.29 is 4.79 Å². The molecule has 2 N–H and O–H groups in total. The SMILES string of the molecule is Cc1[nH]nc(C(C)C)c1C(=O)N1CCC(c2nnc3n2CCNC3)CC1. The summed E-state index contributed by atoms with van der Waals surface area (Å²) in [6.07, 6.45) is 1.87. The van der Waals surface area contributed by atoms with E-state index in [1.54, 1.807) is 0 Å². The largest absolute Gasteiger partial charge is 0.338 e. The molecule has 1 saturated heterocycles. The minimum Gasteiger partial charge on any atom is -0.338 e. The van der Waals surface area contributed by atoms with Crippen LogP contribution >= 0.6 is 0 Å². The zero-order chi connectivity index (χ0) is 18.3. The number of nitrogens with zero attached hydrogens (tertiary/aromatic N) is 5. The Morgan fingerprint density at radius 1 is 1.19 bits per heavy atom. The van der Waals surface area contributed by atoms with Crippen molar-refractivity contribution in [1.29, 1.82) is 0 Å².